The molecule has 0 aromatic carbocycles. The highest BCUT2D eigenvalue weighted by Crippen LogP contribution is 2.27. The molecule has 1 fully saturated rings. The van der Waals surface area contributed by atoms with Crippen LogP contribution in [0.2, 0.25) is 0 Å². The first-order valence-electron chi connectivity index (χ1n) is 6.68. The molecule has 6 nitrogen and oxygen atoms in total. The number of H-pyrrole nitrogens is 1. The van der Waals surface area contributed by atoms with Crippen molar-refractivity contribution in [2.24, 2.45) is 5.41 Å². The highest BCUT2D eigenvalue weighted by molar-refractivity contribution is 7.99. The fourth-order valence-electron chi connectivity index (χ4n) is 2.03. The molecule has 0 radical (unpaired) electrons. The van der Waals surface area contributed by atoms with Crippen molar-refractivity contribution in [3.63, 3.8) is 0 Å². The van der Waals surface area contributed by atoms with Crippen molar-refractivity contribution in [1.82, 2.24) is 9.88 Å². The number of hydrogen-bond donors (Lipinski definition) is 2. The molecular weight excluding hydrogens is 290 g/mol. The lowest BCUT2D eigenvalue weighted by molar-refractivity contribution is -0.143. The van der Waals surface area contributed by atoms with Crippen molar-refractivity contribution in [2.75, 3.05) is 16.9 Å². The molecule has 114 valence electrons. The molecule has 1 aliphatic heterocycles. The summed E-state index contributed by atoms with van der Waals surface area (Å²) in [6.45, 7) is 5.49. The molecule has 0 saturated carbocycles. The number of thioether (sulfide) groups is 1. The Morgan fingerprint density at radius 1 is 1.43 bits per heavy atom. The lowest BCUT2D eigenvalue weighted by atomic mass is 9.94. The van der Waals surface area contributed by atoms with Gasteiger partial charge in [0.15, 0.2) is 0 Å². The van der Waals surface area contributed by atoms with Crippen LogP contribution in [-0.2, 0) is 9.59 Å². The number of carbonyl (C=O) groups is 2. The first-order chi connectivity index (χ1) is 9.80. The van der Waals surface area contributed by atoms with Gasteiger partial charge < -0.3 is 15.2 Å². The second-order valence-corrected chi connectivity index (χ2v) is 6.94. The molecule has 1 aromatic rings. The zero-order chi connectivity index (χ0) is 15.6. The quantitative estimate of drug-likeness (QED) is 0.861. The Hall–Kier alpha value is -1.76. The van der Waals surface area contributed by atoms with Gasteiger partial charge in [0.05, 0.1) is 5.88 Å². The van der Waals surface area contributed by atoms with E-state index in [4.69, 9.17) is 0 Å². The summed E-state index contributed by atoms with van der Waals surface area (Å²) >= 11 is 1.54. The number of carbonyl (C=O) groups excluding carboxylic acids is 2. The van der Waals surface area contributed by atoms with Crippen LogP contribution in [0.25, 0.3) is 0 Å². The largest absolute Gasteiger partial charge is 0.327 e. The standard InChI is InChI=1S/C14H19N3O3S/c1-14(2,3)13(20)17-8-21-7-10(17)12(19)16-9-5-4-6-15-11(9)18/h4-6,10H,7-8H2,1-3H3,(H,15,18)(H,16,19)/t10-/m1/s1. The average Bonchev–Trinajstić information content (AvgIpc) is 2.88. The number of rotatable bonds is 2. The van der Waals surface area contributed by atoms with Crippen LogP contribution in [0.5, 0.6) is 0 Å². The topological polar surface area (TPSA) is 82.3 Å². The smallest absolute Gasteiger partial charge is 0.271 e. The van der Waals surface area contributed by atoms with E-state index in [1.54, 1.807) is 11.0 Å². The van der Waals surface area contributed by atoms with E-state index in [2.05, 4.69) is 10.3 Å². The van der Waals surface area contributed by atoms with Crippen LogP contribution in [-0.4, -0.2) is 39.4 Å². The summed E-state index contributed by atoms with van der Waals surface area (Å²) in [6.07, 6.45) is 1.50. The molecular formula is C14H19N3O3S. The van der Waals surface area contributed by atoms with E-state index < -0.39 is 11.5 Å². The van der Waals surface area contributed by atoms with E-state index in [0.29, 0.717) is 11.6 Å². The molecule has 2 amide bonds. The lowest BCUT2D eigenvalue weighted by Crippen LogP contribution is -2.48. The number of nitrogens with zero attached hydrogens (tertiary/aromatic N) is 1. The molecule has 7 heteroatoms. The van der Waals surface area contributed by atoms with Crippen molar-refractivity contribution >= 4 is 29.3 Å². The summed E-state index contributed by atoms with van der Waals surface area (Å²) in [5.41, 5.74) is -0.694. The van der Waals surface area contributed by atoms with Crippen molar-refractivity contribution < 1.29 is 9.59 Å². The SMILES string of the molecule is CC(C)(C)C(=O)N1CSC[C@@H]1C(=O)Nc1ccc[nH]c1=O. The Labute approximate surface area is 127 Å². The van der Waals surface area contributed by atoms with Crippen LogP contribution in [0.15, 0.2) is 23.1 Å². The van der Waals surface area contributed by atoms with Gasteiger partial charge in [-0.1, -0.05) is 20.8 Å². The molecule has 2 rings (SSSR count). The molecule has 2 N–H and O–H groups in total. The first kappa shape index (κ1) is 15.6. The highest BCUT2D eigenvalue weighted by Gasteiger charge is 2.39. The van der Waals surface area contributed by atoms with E-state index in [0.717, 1.165) is 0 Å². The first-order valence-corrected chi connectivity index (χ1v) is 7.83. The minimum absolute atomic E-state index is 0.0605. The van der Waals surface area contributed by atoms with E-state index in [-0.39, 0.29) is 23.1 Å². The summed E-state index contributed by atoms with van der Waals surface area (Å²) in [7, 11) is 0. The normalized spacial score (nSPS) is 18.6. The van der Waals surface area contributed by atoms with Gasteiger partial charge in [0.1, 0.15) is 11.7 Å². The Kier molecular flexibility index (Phi) is 4.41. The average molecular weight is 309 g/mol. The predicted octanol–water partition coefficient (Wildman–Crippen LogP) is 1.26. The van der Waals surface area contributed by atoms with E-state index in [1.165, 1.54) is 24.0 Å². The maximum atomic E-state index is 12.4. The lowest BCUT2D eigenvalue weighted by Gasteiger charge is -2.29. The predicted molar refractivity (Wildman–Crippen MR) is 83.1 cm³/mol. The molecule has 1 aromatic heterocycles. The zero-order valence-corrected chi connectivity index (χ0v) is 13.1. The van der Waals surface area contributed by atoms with E-state index >= 15 is 0 Å². The third-order valence-electron chi connectivity index (χ3n) is 3.16. The van der Waals surface area contributed by atoms with Gasteiger partial charge in [0.25, 0.3) is 5.56 Å². The summed E-state index contributed by atoms with van der Waals surface area (Å²) < 4.78 is 0. The van der Waals surface area contributed by atoms with Gasteiger partial charge in [-0.25, -0.2) is 0 Å². The van der Waals surface area contributed by atoms with Crippen LogP contribution >= 0.6 is 11.8 Å². The Morgan fingerprint density at radius 3 is 2.76 bits per heavy atom. The molecule has 0 aliphatic carbocycles. The van der Waals surface area contributed by atoms with Crippen molar-refractivity contribution in [3.05, 3.63) is 28.7 Å². The Bertz CT molecular complexity index is 606. The Balaban J connectivity index is 2.13. The van der Waals surface area contributed by atoms with Crippen LogP contribution in [0.4, 0.5) is 5.69 Å². The van der Waals surface area contributed by atoms with Crippen LogP contribution in [0.1, 0.15) is 20.8 Å². The molecule has 2 heterocycles. The summed E-state index contributed by atoms with van der Waals surface area (Å²) in [4.78, 5) is 40.4. The molecule has 0 spiro atoms. The van der Waals surface area contributed by atoms with Crippen molar-refractivity contribution in [3.8, 4) is 0 Å². The second kappa shape index (κ2) is 5.93. The monoisotopic (exact) mass is 309 g/mol. The number of amides is 2. The van der Waals surface area contributed by atoms with Gasteiger partial charge in [0, 0.05) is 17.4 Å². The summed E-state index contributed by atoms with van der Waals surface area (Å²) in [6, 6.07) is 2.63. The number of pyridine rings is 1. The van der Waals surface area contributed by atoms with Gasteiger partial charge in [-0.05, 0) is 12.1 Å². The maximum absolute atomic E-state index is 12.4. The van der Waals surface area contributed by atoms with Crippen molar-refractivity contribution in [1.29, 1.82) is 0 Å². The molecule has 0 bridgehead atoms. The number of aromatic nitrogens is 1. The molecule has 0 unspecified atom stereocenters. The summed E-state index contributed by atoms with van der Waals surface area (Å²) in [5.74, 6) is 0.654. The van der Waals surface area contributed by atoms with E-state index in [1.807, 2.05) is 20.8 Å². The second-order valence-electron chi connectivity index (χ2n) is 5.94. The maximum Gasteiger partial charge on any atom is 0.271 e. The third-order valence-corrected chi connectivity index (χ3v) is 4.18. The minimum atomic E-state index is -0.540. The van der Waals surface area contributed by atoms with Gasteiger partial charge in [-0.2, -0.15) is 0 Å². The third kappa shape index (κ3) is 3.47. The summed E-state index contributed by atoms with van der Waals surface area (Å²) in [5, 5.41) is 2.60. The fourth-order valence-corrected chi connectivity index (χ4v) is 3.18. The van der Waals surface area contributed by atoms with E-state index in [9.17, 15) is 14.4 Å². The minimum Gasteiger partial charge on any atom is -0.327 e. The molecule has 1 saturated heterocycles. The van der Waals surface area contributed by atoms with Crippen LogP contribution < -0.4 is 10.9 Å². The molecule has 1 aliphatic rings. The molecule has 21 heavy (non-hydrogen) atoms. The van der Waals surface area contributed by atoms with Crippen molar-refractivity contribution in [2.45, 2.75) is 26.8 Å². The van der Waals surface area contributed by atoms with Gasteiger partial charge in [-0.3, -0.25) is 14.4 Å². The van der Waals surface area contributed by atoms with Crippen LogP contribution in [0.3, 0.4) is 0 Å². The zero-order valence-electron chi connectivity index (χ0n) is 12.3. The Morgan fingerprint density at radius 2 is 2.14 bits per heavy atom. The van der Waals surface area contributed by atoms with Gasteiger partial charge >= 0.3 is 0 Å². The van der Waals surface area contributed by atoms with Crippen LogP contribution in [0, 0.1) is 5.41 Å². The number of nitrogens with one attached hydrogen (secondary N) is 2. The van der Waals surface area contributed by atoms with Gasteiger partial charge in [-0.15, -0.1) is 11.8 Å². The fraction of sp³-hybridized carbons (Fsp3) is 0.500. The number of anilines is 1. The number of hydrogen-bond acceptors (Lipinski definition) is 4. The highest BCUT2D eigenvalue weighted by atomic mass is 32.2. The van der Waals surface area contributed by atoms with Gasteiger partial charge in [0.2, 0.25) is 11.8 Å². The molecule has 1 atom stereocenters. The number of aromatic amines is 1.